The number of likely N-dealkylation sites (tertiary alicyclic amines) is 1. The number of amides is 2. The molecule has 0 saturated carbocycles. The molecule has 0 bridgehead atoms. The van der Waals surface area contributed by atoms with Gasteiger partial charge in [0.2, 0.25) is 5.91 Å². The summed E-state index contributed by atoms with van der Waals surface area (Å²) in [6.07, 6.45) is -1.72. The van der Waals surface area contributed by atoms with Crippen LogP contribution in [-0.4, -0.2) is 92.6 Å². The summed E-state index contributed by atoms with van der Waals surface area (Å²) in [4.78, 5) is 33.5. The number of alkyl halides is 3. The lowest BCUT2D eigenvalue weighted by atomic mass is 9.97. The van der Waals surface area contributed by atoms with Gasteiger partial charge in [0.25, 0.3) is 5.91 Å². The number of aromatic nitrogens is 2. The van der Waals surface area contributed by atoms with Gasteiger partial charge in [-0.2, -0.15) is 13.2 Å². The Kier molecular flexibility index (Phi) is 10.7. The van der Waals surface area contributed by atoms with Crippen LogP contribution in [0.1, 0.15) is 45.9 Å². The number of H-pyrrole nitrogens is 1. The van der Waals surface area contributed by atoms with Gasteiger partial charge >= 0.3 is 6.18 Å². The molecule has 2 N–H and O–H groups in total. The van der Waals surface area contributed by atoms with E-state index in [0.29, 0.717) is 52.4 Å². The van der Waals surface area contributed by atoms with Crippen molar-refractivity contribution in [2.45, 2.75) is 30.9 Å². The van der Waals surface area contributed by atoms with Crippen molar-refractivity contribution in [3.8, 4) is 0 Å². The predicted octanol–water partition coefficient (Wildman–Crippen LogP) is 2.93. The van der Waals surface area contributed by atoms with Gasteiger partial charge in [-0.15, -0.1) is 11.3 Å². The number of methoxy groups -OCH3 is 1. The Hall–Kier alpha value is -2.48. The number of nitrogens with one attached hydrogen (secondary N) is 2. The van der Waals surface area contributed by atoms with Gasteiger partial charge in [-0.25, -0.2) is 4.98 Å². The van der Waals surface area contributed by atoms with Crippen molar-refractivity contribution in [1.29, 1.82) is 0 Å². The summed E-state index contributed by atoms with van der Waals surface area (Å²) in [6, 6.07) is 2.82. The largest absolute Gasteiger partial charge is 0.398 e. The number of hydrogen-bond donors (Lipinski definition) is 2. The van der Waals surface area contributed by atoms with Crippen LogP contribution in [0.2, 0.25) is 0 Å². The zero-order valence-corrected chi connectivity index (χ0v) is 20.8. The van der Waals surface area contributed by atoms with E-state index in [2.05, 4.69) is 15.3 Å². The maximum atomic E-state index is 13.4. The van der Waals surface area contributed by atoms with Crippen LogP contribution in [0.25, 0.3) is 0 Å². The first kappa shape index (κ1) is 28.1. The highest BCUT2D eigenvalue weighted by molar-refractivity contribution is 7.09. The molecule has 1 fully saturated rings. The van der Waals surface area contributed by atoms with E-state index in [1.54, 1.807) is 17.4 Å². The summed E-state index contributed by atoms with van der Waals surface area (Å²) < 4.78 is 55.7. The van der Waals surface area contributed by atoms with Gasteiger partial charge in [-0.05, 0) is 25.0 Å². The molecule has 0 radical (unpaired) electrons. The van der Waals surface area contributed by atoms with Crippen molar-refractivity contribution in [3.63, 3.8) is 0 Å². The summed E-state index contributed by atoms with van der Waals surface area (Å²) in [5.74, 6) is -2.48. The molecule has 36 heavy (non-hydrogen) atoms. The van der Waals surface area contributed by atoms with Crippen LogP contribution in [0.4, 0.5) is 13.2 Å². The lowest BCUT2D eigenvalue weighted by molar-refractivity contribution is -0.149. The smallest absolute Gasteiger partial charge is 0.382 e. The van der Waals surface area contributed by atoms with Crippen molar-refractivity contribution in [3.05, 3.63) is 40.1 Å². The zero-order valence-electron chi connectivity index (χ0n) is 20.0. The normalized spacial score (nSPS) is 15.7. The number of halogens is 3. The molecule has 2 amide bonds. The van der Waals surface area contributed by atoms with E-state index < -0.39 is 24.5 Å². The topological polar surface area (TPSA) is 106 Å². The molecule has 13 heteroatoms. The van der Waals surface area contributed by atoms with Gasteiger partial charge in [0.1, 0.15) is 18.2 Å². The second-order valence-electron chi connectivity index (χ2n) is 8.31. The number of nitrogens with zero attached hydrogens (tertiary/aromatic N) is 2. The molecule has 1 atom stereocenters. The third-order valence-electron chi connectivity index (χ3n) is 5.84. The van der Waals surface area contributed by atoms with Gasteiger partial charge in [0, 0.05) is 49.9 Å². The monoisotopic (exact) mass is 532 g/mol. The molecule has 1 unspecified atom stereocenters. The number of thiazole rings is 1. The number of piperidine rings is 1. The number of aromatic amines is 1. The number of carbonyl (C=O) groups is 2. The van der Waals surface area contributed by atoms with E-state index in [1.807, 2.05) is 0 Å². The molecule has 0 spiro atoms. The van der Waals surface area contributed by atoms with Gasteiger partial charge in [0.05, 0.1) is 31.4 Å². The number of carbonyl (C=O) groups excluding carboxylic acids is 2. The molecule has 1 aliphatic rings. The fraction of sp³-hybridized carbons (Fsp3) is 0.609. The molecule has 1 saturated heterocycles. The summed E-state index contributed by atoms with van der Waals surface area (Å²) in [5, 5.41) is 4.66. The highest BCUT2D eigenvalue weighted by Crippen LogP contribution is 2.34. The first-order valence-electron chi connectivity index (χ1n) is 11.7. The predicted molar refractivity (Wildman–Crippen MR) is 126 cm³/mol. The minimum atomic E-state index is -4.50. The van der Waals surface area contributed by atoms with Gasteiger partial charge in [-0.1, -0.05) is 0 Å². The van der Waals surface area contributed by atoms with Crippen LogP contribution in [-0.2, 0) is 19.0 Å². The Morgan fingerprint density at radius 3 is 2.61 bits per heavy atom. The van der Waals surface area contributed by atoms with Crippen LogP contribution in [0.15, 0.2) is 23.7 Å². The van der Waals surface area contributed by atoms with Crippen LogP contribution >= 0.6 is 11.3 Å². The summed E-state index contributed by atoms with van der Waals surface area (Å²) in [7, 11) is 1.59. The second-order valence-corrected chi connectivity index (χ2v) is 9.20. The van der Waals surface area contributed by atoms with Crippen molar-refractivity contribution < 1.29 is 37.0 Å². The molecular formula is C23H31F3N4O5S. The molecule has 3 rings (SSSR count). The average Bonchev–Trinajstić information content (AvgIpc) is 3.55. The SMILES string of the molecule is COCCOCCOCC(=O)N1CCC(c2nc(C(=O)NCC(c3ccc[nH]3)C(F)(F)F)cs2)CC1. The van der Waals surface area contributed by atoms with Crippen LogP contribution in [0.3, 0.4) is 0 Å². The summed E-state index contributed by atoms with van der Waals surface area (Å²) in [5.41, 5.74) is 0.0888. The quantitative estimate of drug-likeness (QED) is 0.385. The molecule has 0 aromatic carbocycles. The van der Waals surface area contributed by atoms with Crippen molar-refractivity contribution in [2.75, 3.05) is 59.8 Å². The standard InChI is InChI=1S/C23H31F3N4O5S/c1-33-9-10-34-11-12-35-14-20(31)30-7-4-16(5-8-30)22-29-19(15-36-22)21(32)28-13-17(23(24,25)26)18-3-2-6-27-18/h2-3,6,15-17,27H,4-5,7-14H2,1H3,(H,28,32). The fourth-order valence-corrected chi connectivity index (χ4v) is 4.79. The van der Waals surface area contributed by atoms with E-state index in [4.69, 9.17) is 14.2 Å². The molecule has 2 aromatic heterocycles. The third-order valence-corrected chi connectivity index (χ3v) is 6.85. The molecule has 2 aromatic rings. The maximum absolute atomic E-state index is 13.4. The van der Waals surface area contributed by atoms with Gasteiger partial charge in [-0.3, -0.25) is 9.59 Å². The Balaban J connectivity index is 1.41. The summed E-state index contributed by atoms with van der Waals surface area (Å²) in [6.45, 7) is 2.18. The Morgan fingerprint density at radius 2 is 1.94 bits per heavy atom. The molecule has 0 aliphatic carbocycles. The first-order chi connectivity index (χ1) is 17.3. The maximum Gasteiger partial charge on any atom is 0.398 e. The molecular weight excluding hydrogens is 501 g/mol. The van der Waals surface area contributed by atoms with E-state index in [0.717, 1.165) is 5.01 Å². The minimum absolute atomic E-state index is 0.0103. The molecule has 3 heterocycles. The Labute approximate surface area is 211 Å². The number of ether oxygens (including phenoxy) is 3. The second kappa shape index (κ2) is 13.7. The molecule has 200 valence electrons. The highest BCUT2D eigenvalue weighted by atomic mass is 32.1. The van der Waals surface area contributed by atoms with E-state index >= 15 is 0 Å². The third kappa shape index (κ3) is 8.29. The fourth-order valence-electron chi connectivity index (χ4n) is 3.82. The Bertz CT molecular complexity index is 946. The van der Waals surface area contributed by atoms with E-state index in [1.165, 1.54) is 29.7 Å². The summed E-state index contributed by atoms with van der Waals surface area (Å²) >= 11 is 1.31. The van der Waals surface area contributed by atoms with Crippen molar-refractivity contribution in [1.82, 2.24) is 20.2 Å². The van der Waals surface area contributed by atoms with E-state index in [-0.39, 0.29) is 29.8 Å². The lowest BCUT2D eigenvalue weighted by Crippen LogP contribution is -2.40. The van der Waals surface area contributed by atoms with Crippen LogP contribution in [0, 0.1) is 0 Å². The highest BCUT2D eigenvalue weighted by Gasteiger charge is 2.41. The van der Waals surface area contributed by atoms with Gasteiger partial charge in [0.15, 0.2) is 0 Å². The minimum Gasteiger partial charge on any atom is -0.382 e. The number of hydrogen-bond acceptors (Lipinski definition) is 7. The Morgan fingerprint density at radius 1 is 1.22 bits per heavy atom. The number of rotatable bonds is 13. The van der Waals surface area contributed by atoms with Crippen molar-refractivity contribution >= 4 is 23.2 Å². The zero-order chi connectivity index (χ0) is 26.0. The first-order valence-corrected chi connectivity index (χ1v) is 12.5. The van der Waals surface area contributed by atoms with Crippen molar-refractivity contribution in [2.24, 2.45) is 0 Å². The molecule has 9 nitrogen and oxygen atoms in total. The average molecular weight is 533 g/mol. The lowest BCUT2D eigenvalue weighted by Gasteiger charge is -2.31. The van der Waals surface area contributed by atoms with Gasteiger partial charge < -0.3 is 29.4 Å². The van der Waals surface area contributed by atoms with Crippen LogP contribution in [0.5, 0.6) is 0 Å². The molecule has 1 aliphatic heterocycles. The van der Waals surface area contributed by atoms with E-state index in [9.17, 15) is 22.8 Å². The van der Waals surface area contributed by atoms with Crippen LogP contribution < -0.4 is 5.32 Å².